The Labute approximate surface area is 130 Å². The van der Waals surface area contributed by atoms with Gasteiger partial charge in [-0.3, -0.25) is 4.79 Å². The number of nitrogens with one attached hydrogen (secondary N) is 1. The molecule has 0 aliphatic heterocycles. The summed E-state index contributed by atoms with van der Waals surface area (Å²) in [6, 6.07) is 5.79. The molecule has 3 nitrogen and oxygen atoms in total. The number of aryl methyl sites for hydroxylation is 1. The fraction of sp³-hybridized carbons (Fsp3) is 0.471. The Bertz CT molecular complexity index is 574. The van der Waals surface area contributed by atoms with Crippen LogP contribution in [0.25, 0.3) is 0 Å². The highest BCUT2D eigenvalue weighted by Gasteiger charge is 2.25. The molecule has 0 heterocycles. The molecule has 2 unspecified atom stereocenters. The topological polar surface area (TPSA) is 49.3 Å². The first-order valence-corrected chi connectivity index (χ1v) is 8.47. The van der Waals surface area contributed by atoms with Crippen molar-refractivity contribution in [3.63, 3.8) is 0 Å². The van der Waals surface area contributed by atoms with E-state index in [-0.39, 0.29) is 12.5 Å². The van der Waals surface area contributed by atoms with Gasteiger partial charge in [-0.05, 0) is 56.2 Å². The summed E-state index contributed by atoms with van der Waals surface area (Å²) in [5, 5.41) is 12.5. The molecule has 4 heteroatoms. The Morgan fingerprint density at radius 2 is 2.29 bits per heavy atom. The minimum absolute atomic E-state index is 0.00785. The first-order chi connectivity index (χ1) is 10.1. The quantitative estimate of drug-likeness (QED) is 0.843. The van der Waals surface area contributed by atoms with E-state index in [1.54, 1.807) is 6.07 Å². The zero-order valence-corrected chi connectivity index (χ0v) is 13.3. The Kier molecular flexibility index (Phi) is 5.72. The van der Waals surface area contributed by atoms with Crippen LogP contribution in [0.15, 0.2) is 18.2 Å². The van der Waals surface area contributed by atoms with Crippen molar-refractivity contribution in [2.24, 2.45) is 0 Å². The Morgan fingerprint density at radius 3 is 2.90 bits per heavy atom. The van der Waals surface area contributed by atoms with Crippen LogP contribution in [0.2, 0.25) is 0 Å². The van der Waals surface area contributed by atoms with E-state index in [1.807, 2.05) is 30.8 Å². The van der Waals surface area contributed by atoms with Gasteiger partial charge in [0.15, 0.2) is 0 Å². The second kappa shape index (κ2) is 7.53. The third-order valence-corrected chi connectivity index (χ3v) is 4.94. The summed E-state index contributed by atoms with van der Waals surface area (Å²) >= 11 is 1.88. The van der Waals surface area contributed by atoms with Crippen LogP contribution in [-0.2, 0) is 0 Å². The van der Waals surface area contributed by atoms with Crippen LogP contribution in [-0.4, -0.2) is 35.2 Å². The molecule has 1 aliphatic carbocycles. The van der Waals surface area contributed by atoms with Gasteiger partial charge in [0.05, 0.1) is 0 Å². The highest BCUT2D eigenvalue weighted by atomic mass is 32.2. The smallest absolute Gasteiger partial charge is 0.251 e. The van der Waals surface area contributed by atoms with Crippen molar-refractivity contribution in [1.29, 1.82) is 0 Å². The van der Waals surface area contributed by atoms with Crippen molar-refractivity contribution < 1.29 is 9.90 Å². The van der Waals surface area contributed by atoms with Crippen LogP contribution >= 0.6 is 11.8 Å². The van der Waals surface area contributed by atoms with E-state index in [4.69, 9.17) is 5.11 Å². The van der Waals surface area contributed by atoms with Crippen LogP contribution in [0.1, 0.15) is 40.7 Å². The van der Waals surface area contributed by atoms with Gasteiger partial charge in [-0.25, -0.2) is 0 Å². The average molecular weight is 303 g/mol. The third-order valence-electron chi connectivity index (χ3n) is 3.84. The van der Waals surface area contributed by atoms with Crippen LogP contribution in [0.4, 0.5) is 0 Å². The lowest BCUT2D eigenvalue weighted by Gasteiger charge is -2.13. The number of thioether (sulfide) groups is 1. The molecule has 112 valence electrons. The summed E-state index contributed by atoms with van der Waals surface area (Å²) in [6.45, 7) is 1.78. The highest BCUT2D eigenvalue weighted by Crippen LogP contribution is 2.28. The molecule has 1 amide bonds. The van der Waals surface area contributed by atoms with Crippen LogP contribution in [0.5, 0.6) is 0 Å². The van der Waals surface area contributed by atoms with Crippen molar-refractivity contribution in [2.45, 2.75) is 37.5 Å². The van der Waals surface area contributed by atoms with Gasteiger partial charge in [-0.15, -0.1) is 0 Å². The normalized spacial score (nSPS) is 20.7. The summed E-state index contributed by atoms with van der Waals surface area (Å²) in [6.07, 6.45) is 5.44. The van der Waals surface area contributed by atoms with Gasteiger partial charge >= 0.3 is 0 Å². The molecule has 1 aromatic carbocycles. The lowest BCUT2D eigenvalue weighted by atomic mass is 10.0. The monoisotopic (exact) mass is 303 g/mol. The van der Waals surface area contributed by atoms with E-state index in [0.29, 0.717) is 16.9 Å². The number of hydrogen-bond acceptors (Lipinski definition) is 3. The second-order valence-corrected chi connectivity index (χ2v) is 6.47. The number of rotatable bonds is 3. The minimum Gasteiger partial charge on any atom is -0.384 e. The molecule has 1 fully saturated rings. The zero-order valence-electron chi connectivity index (χ0n) is 12.5. The van der Waals surface area contributed by atoms with Crippen molar-refractivity contribution in [3.05, 3.63) is 34.9 Å². The lowest BCUT2D eigenvalue weighted by Crippen LogP contribution is -2.33. The van der Waals surface area contributed by atoms with Gasteiger partial charge in [0, 0.05) is 22.4 Å². The van der Waals surface area contributed by atoms with Gasteiger partial charge in [0.2, 0.25) is 0 Å². The maximum Gasteiger partial charge on any atom is 0.251 e. The molecule has 2 N–H and O–H groups in total. The summed E-state index contributed by atoms with van der Waals surface area (Å²) < 4.78 is 0. The number of carbonyl (C=O) groups excluding carboxylic acids is 1. The van der Waals surface area contributed by atoms with Crippen molar-refractivity contribution in [3.8, 4) is 11.8 Å². The minimum atomic E-state index is -0.153. The molecule has 1 aliphatic rings. The fourth-order valence-corrected chi connectivity index (χ4v) is 3.43. The van der Waals surface area contributed by atoms with Crippen molar-refractivity contribution in [2.75, 3.05) is 12.9 Å². The van der Waals surface area contributed by atoms with E-state index < -0.39 is 0 Å². The van der Waals surface area contributed by atoms with Gasteiger partial charge in [0.25, 0.3) is 5.91 Å². The molecule has 0 spiro atoms. The van der Waals surface area contributed by atoms with Crippen LogP contribution in [0.3, 0.4) is 0 Å². The average Bonchev–Trinajstić information content (AvgIpc) is 2.93. The summed E-state index contributed by atoms with van der Waals surface area (Å²) in [5.74, 6) is 5.50. The molecule has 0 radical (unpaired) electrons. The molecule has 1 saturated carbocycles. The standard InChI is InChI=1S/C17H21NO2S/c1-12-10-14(6-5-13(12)4-3-9-19)17(20)18-15-7-8-16(11-15)21-2/h5-6,10,15-16,19H,7-9,11H2,1-2H3,(H,18,20). The van der Waals surface area contributed by atoms with Crippen LogP contribution < -0.4 is 5.32 Å². The zero-order chi connectivity index (χ0) is 15.2. The molecular formula is C17H21NO2S. The van der Waals surface area contributed by atoms with Gasteiger partial charge in [0.1, 0.15) is 6.61 Å². The van der Waals surface area contributed by atoms with Gasteiger partial charge in [-0.2, -0.15) is 11.8 Å². The SMILES string of the molecule is CSC1CCC(NC(=O)c2ccc(C#CCO)c(C)c2)C1. The molecule has 21 heavy (non-hydrogen) atoms. The Hall–Kier alpha value is -1.44. The van der Waals surface area contributed by atoms with Gasteiger partial charge in [-0.1, -0.05) is 11.8 Å². The number of aliphatic hydroxyl groups excluding tert-OH is 1. The molecule has 2 atom stereocenters. The fourth-order valence-electron chi connectivity index (χ4n) is 2.63. The molecule has 2 rings (SSSR count). The molecule has 1 aromatic rings. The third kappa shape index (κ3) is 4.26. The number of amides is 1. The summed E-state index contributed by atoms with van der Waals surface area (Å²) in [7, 11) is 0. The first kappa shape index (κ1) is 15.9. The van der Waals surface area contributed by atoms with Crippen molar-refractivity contribution >= 4 is 17.7 Å². The van der Waals surface area contributed by atoms with E-state index in [2.05, 4.69) is 23.4 Å². The summed E-state index contributed by atoms with van der Waals surface area (Å²) in [5.41, 5.74) is 2.48. The Balaban J connectivity index is 2.01. The molecular weight excluding hydrogens is 282 g/mol. The second-order valence-electron chi connectivity index (χ2n) is 5.33. The van der Waals surface area contributed by atoms with E-state index in [0.717, 1.165) is 24.0 Å². The largest absolute Gasteiger partial charge is 0.384 e. The van der Waals surface area contributed by atoms with Gasteiger partial charge < -0.3 is 10.4 Å². The van der Waals surface area contributed by atoms with E-state index in [9.17, 15) is 4.79 Å². The summed E-state index contributed by atoms with van der Waals surface area (Å²) in [4.78, 5) is 12.3. The highest BCUT2D eigenvalue weighted by molar-refractivity contribution is 7.99. The van der Waals surface area contributed by atoms with E-state index in [1.165, 1.54) is 6.42 Å². The lowest BCUT2D eigenvalue weighted by molar-refractivity contribution is 0.0938. The molecule has 0 bridgehead atoms. The van der Waals surface area contributed by atoms with Crippen molar-refractivity contribution in [1.82, 2.24) is 5.32 Å². The number of aliphatic hydroxyl groups is 1. The maximum absolute atomic E-state index is 12.3. The Morgan fingerprint density at radius 1 is 1.48 bits per heavy atom. The van der Waals surface area contributed by atoms with E-state index >= 15 is 0 Å². The predicted octanol–water partition coefficient (Wildman–Crippen LogP) is 2.35. The van der Waals surface area contributed by atoms with Crippen LogP contribution in [0, 0.1) is 18.8 Å². The number of hydrogen-bond donors (Lipinski definition) is 2. The number of carbonyl (C=O) groups is 1. The molecule has 0 aromatic heterocycles. The maximum atomic E-state index is 12.3. The predicted molar refractivity (Wildman–Crippen MR) is 87.6 cm³/mol. The number of benzene rings is 1. The molecule has 0 saturated heterocycles. The first-order valence-electron chi connectivity index (χ1n) is 7.18.